The first-order valence-electron chi connectivity index (χ1n) is 27.2. The molecule has 62 heavy (non-hydrogen) atoms. The van der Waals surface area contributed by atoms with Crippen molar-refractivity contribution in [3.63, 3.8) is 0 Å². The molecule has 0 spiro atoms. The molecule has 0 aromatic heterocycles. The van der Waals surface area contributed by atoms with Gasteiger partial charge >= 0.3 is 5.97 Å². The van der Waals surface area contributed by atoms with E-state index in [-0.39, 0.29) is 24.9 Å². The summed E-state index contributed by atoms with van der Waals surface area (Å²) in [6.07, 6.45) is 59.2. The number of hydrogen-bond donors (Lipinski definition) is 3. The molecule has 0 aliphatic rings. The van der Waals surface area contributed by atoms with Crippen LogP contribution in [-0.2, 0) is 14.3 Å². The van der Waals surface area contributed by atoms with Crippen LogP contribution >= 0.6 is 0 Å². The Labute approximate surface area is 385 Å². The van der Waals surface area contributed by atoms with E-state index < -0.39 is 18.2 Å². The smallest absolute Gasteiger partial charge is 0.306 e. The van der Waals surface area contributed by atoms with Crippen molar-refractivity contribution in [3.05, 3.63) is 36.5 Å². The van der Waals surface area contributed by atoms with Gasteiger partial charge in [-0.2, -0.15) is 0 Å². The van der Waals surface area contributed by atoms with Crippen LogP contribution in [0.4, 0.5) is 0 Å². The fourth-order valence-electron chi connectivity index (χ4n) is 8.37. The molecule has 6 nitrogen and oxygen atoms in total. The molecule has 6 heteroatoms. The summed E-state index contributed by atoms with van der Waals surface area (Å²) in [5.41, 5.74) is 0. The van der Waals surface area contributed by atoms with Crippen LogP contribution in [0, 0.1) is 0 Å². The second-order valence-corrected chi connectivity index (χ2v) is 18.7. The van der Waals surface area contributed by atoms with Crippen molar-refractivity contribution in [3.8, 4) is 0 Å². The molecule has 0 saturated heterocycles. The Morgan fingerprint density at radius 3 is 1.24 bits per heavy atom. The lowest BCUT2D eigenvalue weighted by Gasteiger charge is -2.24. The van der Waals surface area contributed by atoms with Crippen LogP contribution in [0.1, 0.15) is 284 Å². The Morgan fingerprint density at radius 2 is 0.823 bits per heavy atom. The summed E-state index contributed by atoms with van der Waals surface area (Å²) < 4.78 is 5.93. The van der Waals surface area contributed by atoms with Crippen molar-refractivity contribution >= 4 is 11.9 Å². The third kappa shape index (κ3) is 44.7. The SMILES string of the molecule is CCCCCCC/C=C/C=C/C=C/CCCCCC(CC(=O)NC(CO)C(O)CCCCCCCCCCCCCC)OC(=O)CCCCCCCCCCCCCCCCC. The van der Waals surface area contributed by atoms with Gasteiger partial charge in [0.25, 0.3) is 0 Å². The highest BCUT2D eigenvalue weighted by Crippen LogP contribution is 2.18. The molecule has 1 amide bonds. The summed E-state index contributed by atoms with van der Waals surface area (Å²) in [5, 5.41) is 23.8. The number of amides is 1. The summed E-state index contributed by atoms with van der Waals surface area (Å²) in [7, 11) is 0. The minimum absolute atomic E-state index is 0.0589. The molecule has 0 fully saturated rings. The molecule has 0 aromatic rings. The van der Waals surface area contributed by atoms with E-state index in [0.717, 1.165) is 70.6 Å². The Bertz CT molecular complexity index is 1020. The summed E-state index contributed by atoms with van der Waals surface area (Å²) in [6.45, 7) is 6.48. The van der Waals surface area contributed by atoms with Crippen molar-refractivity contribution in [2.45, 2.75) is 302 Å². The number of rotatable bonds is 49. The van der Waals surface area contributed by atoms with Crippen molar-refractivity contribution in [2.75, 3.05) is 6.61 Å². The Balaban J connectivity index is 4.63. The quantitative estimate of drug-likeness (QED) is 0.0321. The van der Waals surface area contributed by atoms with E-state index in [1.54, 1.807) is 0 Å². The van der Waals surface area contributed by atoms with Crippen LogP contribution in [0.5, 0.6) is 0 Å². The molecule has 0 saturated carbocycles. The summed E-state index contributed by atoms with van der Waals surface area (Å²) in [4.78, 5) is 26.2. The molecule has 0 rings (SSSR count). The Morgan fingerprint density at radius 1 is 0.468 bits per heavy atom. The maximum absolute atomic E-state index is 13.2. The van der Waals surface area contributed by atoms with Gasteiger partial charge < -0.3 is 20.3 Å². The number of unbranched alkanes of at least 4 members (excludes halogenated alkanes) is 33. The van der Waals surface area contributed by atoms with Gasteiger partial charge in [-0.3, -0.25) is 9.59 Å². The zero-order valence-electron chi connectivity index (χ0n) is 41.5. The van der Waals surface area contributed by atoms with E-state index in [1.807, 2.05) is 0 Å². The van der Waals surface area contributed by atoms with Gasteiger partial charge in [0.15, 0.2) is 0 Å². The number of hydrogen-bond acceptors (Lipinski definition) is 5. The fourth-order valence-corrected chi connectivity index (χ4v) is 8.37. The number of aliphatic hydroxyl groups is 2. The average Bonchev–Trinajstić information content (AvgIpc) is 3.26. The lowest BCUT2D eigenvalue weighted by atomic mass is 10.0. The third-order valence-corrected chi connectivity index (χ3v) is 12.5. The van der Waals surface area contributed by atoms with Crippen molar-refractivity contribution < 1.29 is 24.5 Å². The van der Waals surface area contributed by atoms with Gasteiger partial charge in [-0.25, -0.2) is 0 Å². The molecule has 0 aliphatic carbocycles. The summed E-state index contributed by atoms with van der Waals surface area (Å²) in [5.74, 6) is -0.494. The van der Waals surface area contributed by atoms with Crippen molar-refractivity contribution in [1.82, 2.24) is 5.32 Å². The van der Waals surface area contributed by atoms with Crippen molar-refractivity contribution in [1.29, 1.82) is 0 Å². The molecule has 3 unspecified atom stereocenters. The molecule has 0 aliphatic heterocycles. The molecule has 3 N–H and O–H groups in total. The van der Waals surface area contributed by atoms with Crippen LogP contribution < -0.4 is 5.32 Å². The number of aliphatic hydroxyl groups excluding tert-OH is 2. The maximum Gasteiger partial charge on any atom is 0.306 e. The van der Waals surface area contributed by atoms with E-state index in [0.29, 0.717) is 19.3 Å². The monoisotopic (exact) mass is 872 g/mol. The van der Waals surface area contributed by atoms with Gasteiger partial charge in [0.05, 0.1) is 25.2 Å². The van der Waals surface area contributed by atoms with Gasteiger partial charge in [-0.1, -0.05) is 256 Å². The molecule has 364 valence electrons. The number of carbonyl (C=O) groups is 2. The van der Waals surface area contributed by atoms with Crippen LogP contribution in [0.3, 0.4) is 0 Å². The largest absolute Gasteiger partial charge is 0.462 e. The molecular formula is C56H105NO5. The van der Waals surface area contributed by atoms with E-state index in [2.05, 4.69) is 62.5 Å². The lowest BCUT2D eigenvalue weighted by molar-refractivity contribution is -0.151. The van der Waals surface area contributed by atoms with Crippen LogP contribution in [0.15, 0.2) is 36.5 Å². The van der Waals surface area contributed by atoms with E-state index in [1.165, 1.54) is 167 Å². The predicted molar refractivity (Wildman–Crippen MR) is 269 cm³/mol. The number of carbonyl (C=O) groups excluding carboxylic acids is 2. The van der Waals surface area contributed by atoms with Gasteiger partial charge in [0, 0.05) is 6.42 Å². The fraction of sp³-hybridized carbons (Fsp3) is 0.857. The standard InChI is InChI=1S/C56H105NO5/c1-4-7-10-13-16-19-22-25-27-29-30-32-35-38-41-44-47-52(62-56(61)49-46-43-40-37-34-31-28-26-23-20-17-14-11-8-5-2)50-55(60)57-53(51-58)54(59)48-45-42-39-36-33-24-21-18-15-12-9-6-3/h22,25,27,29-30,32,52-54,58-59H,4-21,23-24,26,28,31,33-51H2,1-3H3,(H,57,60)/b25-22+,29-27+,32-30+. The minimum atomic E-state index is -0.794. The van der Waals surface area contributed by atoms with Crippen LogP contribution in [0.2, 0.25) is 0 Å². The second-order valence-electron chi connectivity index (χ2n) is 18.7. The minimum Gasteiger partial charge on any atom is -0.462 e. The Hall–Kier alpha value is -1.92. The highest BCUT2D eigenvalue weighted by Gasteiger charge is 2.24. The van der Waals surface area contributed by atoms with Crippen molar-refractivity contribution in [2.24, 2.45) is 0 Å². The van der Waals surface area contributed by atoms with Gasteiger partial charge in [0.2, 0.25) is 5.91 Å². The highest BCUT2D eigenvalue weighted by molar-refractivity contribution is 5.77. The van der Waals surface area contributed by atoms with Gasteiger partial charge in [-0.05, 0) is 51.4 Å². The Kier molecular flexibility index (Phi) is 48.5. The second kappa shape index (κ2) is 50.1. The van der Waals surface area contributed by atoms with Gasteiger partial charge in [0.1, 0.15) is 6.10 Å². The molecule has 0 aromatic carbocycles. The zero-order valence-corrected chi connectivity index (χ0v) is 41.5. The first-order valence-corrected chi connectivity index (χ1v) is 27.2. The molecule has 0 bridgehead atoms. The van der Waals surface area contributed by atoms with Crippen LogP contribution in [-0.4, -0.2) is 46.9 Å². The first-order chi connectivity index (χ1) is 30.5. The zero-order chi connectivity index (χ0) is 45.2. The third-order valence-electron chi connectivity index (χ3n) is 12.5. The highest BCUT2D eigenvalue weighted by atomic mass is 16.5. The number of ether oxygens (including phenoxy) is 1. The van der Waals surface area contributed by atoms with E-state index in [4.69, 9.17) is 4.74 Å². The number of esters is 1. The lowest BCUT2D eigenvalue weighted by Crippen LogP contribution is -2.46. The number of allylic oxidation sites excluding steroid dienone is 6. The van der Waals surface area contributed by atoms with E-state index >= 15 is 0 Å². The van der Waals surface area contributed by atoms with E-state index in [9.17, 15) is 19.8 Å². The molecule has 0 radical (unpaired) electrons. The first kappa shape index (κ1) is 60.1. The number of nitrogens with one attached hydrogen (secondary N) is 1. The molecular weight excluding hydrogens is 767 g/mol. The summed E-state index contributed by atoms with van der Waals surface area (Å²) in [6, 6.07) is -0.709. The normalized spacial score (nSPS) is 13.4. The molecule has 0 heterocycles. The van der Waals surface area contributed by atoms with Gasteiger partial charge in [-0.15, -0.1) is 0 Å². The molecule has 3 atom stereocenters. The predicted octanol–water partition coefficient (Wildman–Crippen LogP) is 16.5. The maximum atomic E-state index is 13.2. The average molecular weight is 872 g/mol. The van der Waals surface area contributed by atoms with Crippen LogP contribution in [0.25, 0.3) is 0 Å². The topological polar surface area (TPSA) is 95.9 Å². The summed E-state index contributed by atoms with van der Waals surface area (Å²) >= 11 is 0.